The molecule has 0 radical (unpaired) electrons. The molecule has 6 nitrogen and oxygen atoms in total. The third-order valence-corrected chi connectivity index (χ3v) is 5.03. The molecule has 0 aliphatic carbocycles. The Bertz CT molecular complexity index is 599. The summed E-state index contributed by atoms with van der Waals surface area (Å²) < 4.78 is 27.7. The van der Waals surface area contributed by atoms with Crippen LogP contribution in [0.1, 0.15) is 23.2 Å². The number of hydrogen-bond acceptors (Lipinski definition) is 5. The molecular formula is C13H18N2O4S. The molecule has 0 unspecified atom stereocenters. The number of ether oxygens (including phenoxy) is 1. The maximum Gasteiger partial charge on any atom is 0.251 e. The van der Waals surface area contributed by atoms with Gasteiger partial charge in [0.15, 0.2) is 0 Å². The summed E-state index contributed by atoms with van der Waals surface area (Å²) in [6.07, 6.45) is 0.904. The summed E-state index contributed by atoms with van der Waals surface area (Å²) in [5, 5.41) is 2.84. The Morgan fingerprint density at radius 1 is 1.30 bits per heavy atom. The van der Waals surface area contributed by atoms with Crippen LogP contribution in [0.5, 0.6) is 5.75 Å². The van der Waals surface area contributed by atoms with Gasteiger partial charge in [-0.2, -0.15) is 0 Å². The van der Waals surface area contributed by atoms with Gasteiger partial charge >= 0.3 is 0 Å². The third kappa shape index (κ3) is 3.63. The largest absolute Gasteiger partial charge is 0.497 e. The standard InChI is InChI=1S/C13H18N2O4S/c1-19-12-7-9(6-10(14)8-12)13(16)15-11-2-4-20(17,18)5-3-11/h6-8,11H,2-5,14H2,1H3,(H,15,16). The summed E-state index contributed by atoms with van der Waals surface area (Å²) in [5.41, 5.74) is 6.56. The van der Waals surface area contributed by atoms with Gasteiger partial charge in [0.05, 0.1) is 18.6 Å². The van der Waals surface area contributed by atoms with E-state index in [9.17, 15) is 13.2 Å². The molecule has 0 spiro atoms. The van der Waals surface area contributed by atoms with Gasteiger partial charge < -0.3 is 15.8 Å². The van der Waals surface area contributed by atoms with Crippen LogP contribution in [0.15, 0.2) is 18.2 Å². The average Bonchev–Trinajstić information content (AvgIpc) is 2.40. The minimum atomic E-state index is -2.92. The fourth-order valence-corrected chi connectivity index (χ4v) is 3.67. The smallest absolute Gasteiger partial charge is 0.251 e. The van der Waals surface area contributed by atoms with Gasteiger partial charge in [0.25, 0.3) is 5.91 Å². The first-order valence-corrected chi connectivity index (χ1v) is 8.17. The minimum Gasteiger partial charge on any atom is -0.497 e. The van der Waals surface area contributed by atoms with Gasteiger partial charge in [-0.05, 0) is 25.0 Å². The molecule has 1 aromatic carbocycles. The highest BCUT2D eigenvalue weighted by Gasteiger charge is 2.25. The maximum absolute atomic E-state index is 12.1. The van der Waals surface area contributed by atoms with Crippen molar-refractivity contribution in [2.24, 2.45) is 0 Å². The Kier molecular flexibility index (Phi) is 4.17. The minimum absolute atomic E-state index is 0.113. The Labute approximate surface area is 118 Å². The zero-order chi connectivity index (χ0) is 14.8. The van der Waals surface area contributed by atoms with Gasteiger partial charge in [-0.25, -0.2) is 8.42 Å². The van der Waals surface area contributed by atoms with Gasteiger partial charge in [0.1, 0.15) is 15.6 Å². The van der Waals surface area contributed by atoms with Crippen LogP contribution in [-0.2, 0) is 9.84 Å². The van der Waals surface area contributed by atoms with Gasteiger partial charge in [0.2, 0.25) is 0 Å². The van der Waals surface area contributed by atoms with Gasteiger partial charge in [-0.1, -0.05) is 0 Å². The SMILES string of the molecule is COc1cc(N)cc(C(=O)NC2CCS(=O)(=O)CC2)c1. The van der Waals surface area contributed by atoms with E-state index in [4.69, 9.17) is 10.5 Å². The van der Waals surface area contributed by atoms with Crippen molar-refractivity contribution in [3.8, 4) is 5.75 Å². The molecule has 110 valence electrons. The van der Waals surface area contributed by atoms with Crippen molar-refractivity contribution in [3.05, 3.63) is 23.8 Å². The molecule has 1 aliphatic heterocycles. The monoisotopic (exact) mass is 298 g/mol. The lowest BCUT2D eigenvalue weighted by molar-refractivity contribution is 0.0934. The molecule has 1 amide bonds. The summed E-state index contributed by atoms with van der Waals surface area (Å²) in [7, 11) is -1.42. The zero-order valence-electron chi connectivity index (χ0n) is 11.3. The normalized spacial score (nSPS) is 18.4. The van der Waals surface area contributed by atoms with E-state index in [-0.39, 0.29) is 23.5 Å². The number of nitrogen functional groups attached to an aromatic ring is 1. The number of rotatable bonds is 3. The van der Waals surface area contributed by atoms with Crippen molar-refractivity contribution < 1.29 is 17.9 Å². The van der Waals surface area contributed by atoms with E-state index >= 15 is 0 Å². The Balaban J connectivity index is 2.04. The number of carbonyl (C=O) groups is 1. The number of sulfone groups is 1. The van der Waals surface area contributed by atoms with Crippen LogP contribution in [0.4, 0.5) is 5.69 Å². The fraction of sp³-hybridized carbons (Fsp3) is 0.462. The number of carbonyl (C=O) groups excluding carboxylic acids is 1. The number of nitrogens with two attached hydrogens (primary N) is 1. The van der Waals surface area contributed by atoms with E-state index < -0.39 is 9.84 Å². The second kappa shape index (κ2) is 5.70. The van der Waals surface area contributed by atoms with Crippen molar-refractivity contribution in [1.29, 1.82) is 0 Å². The van der Waals surface area contributed by atoms with Gasteiger partial charge in [-0.15, -0.1) is 0 Å². The van der Waals surface area contributed by atoms with Crippen LogP contribution in [-0.4, -0.2) is 39.0 Å². The number of anilines is 1. The van der Waals surface area contributed by atoms with Crippen molar-refractivity contribution >= 4 is 21.4 Å². The molecular weight excluding hydrogens is 280 g/mol. The summed E-state index contributed by atoms with van der Waals surface area (Å²) in [6.45, 7) is 0. The molecule has 0 atom stereocenters. The first kappa shape index (κ1) is 14.6. The Hall–Kier alpha value is -1.76. The molecule has 0 aromatic heterocycles. The summed E-state index contributed by atoms with van der Waals surface area (Å²) in [6, 6.07) is 4.69. The maximum atomic E-state index is 12.1. The lowest BCUT2D eigenvalue weighted by Crippen LogP contribution is -2.40. The van der Waals surface area contributed by atoms with Gasteiger partial charge in [-0.3, -0.25) is 4.79 Å². The number of hydrogen-bond donors (Lipinski definition) is 2. The highest BCUT2D eigenvalue weighted by atomic mass is 32.2. The molecule has 0 bridgehead atoms. The van der Waals surface area contributed by atoms with Crippen molar-refractivity contribution in [2.75, 3.05) is 24.3 Å². The predicted octanol–water partition coefficient (Wildman–Crippen LogP) is 0.584. The number of amides is 1. The van der Waals surface area contributed by atoms with Crippen molar-refractivity contribution in [3.63, 3.8) is 0 Å². The van der Waals surface area contributed by atoms with Crippen molar-refractivity contribution in [2.45, 2.75) is 18.9 Å². The quantitative estimate of drug-likeness (QED) is 0.796. The van der Waals surface area contributed by atoms with E-state index in [0.717, 1.165) is 0 Å². The molecule has 3 N–H and O–H groups in total. The number of nitrogens with one attached hydrogen (secondary N) is 1. The summed E-state index contributed by atoms with van der Waals surface area (Å²) in [5.74, 6) is 0.498. The summed E-state index contributed by atoms with van der Waals surface area (Å²) in [4.78, 5) is 12.1. The highest BCUT2D eigenvalue weighted by Crippen LogP contribution is 2.19. The topological polar surface area (TPSA) is 98.5 Å². The lowest BCUT2D eigenvalue weighted by atomic mass is 10.1. The summed E-state index contributed by atoms with van der Waals surface area (Å²) >= 11 is 0. The molecule has 20 heavy (non-hydrogen) atoms. The van der Waals surface area contributed by atoms with E-state index in [1.165, 1.54) is 7.11 Å². The molecule has 7 heteroatoms. The van der Waals surface area contributed by atoms with Crippen LogP contribution in [0.25, 0.3) is 0 Å². The molecule has 1 aromatic rings. The second-order valence-electron chi connectivity index (χ2n) is 4.89. The van der Waals surface area contributed by atoms with Crippen LogP contribution in [0, 0.1) is 0 Å². The van der Waals surface area contributed by atoms with E-state index in [1.54, 1.807) is 18.2 Å². The first-order valence-electron chi connectivity index (χ1n) is 6.35. The van der Waals surface area contributed by atoms with E-state index in [1.807, 2.05) is 0 Å². The van der Waals surface area contributed by atoms with Crippen molar-refractivity contribution in [1.82, 2.24) is 5.32 Å². The molecule has 1 heterocycles. The average molecular weight is 298 g/mol. The van der Waals surface area contributed by atoms with Crippen LogP contribution < -0.4 is 15.8 Å². The molecule has 2 rings (SSSR count). The second-order valence-corrected chi connectivity index (χ2v) is 7.20. The molecule has 1 fully saturated rings. The predicted molar refractivity (Wildman–Crippen MR) is 76.5 cm³/mol. The Morgan fingerprint density at radius 3 is 2.55 bits per heavy atom. The zero-order valence-corrected chi connectivity index (χ0v) is 12.1. The number of methoxy groups -OCH3 is 1. The van der Waals surface area contributed by atoms with Crippen LogP contribution in [0.3, 0.4) is 0 Å². The Morgan fingerprint density at radius 2 is 1.95 bits per heavy atom. The van der Waals surface area contributed by atoms with Gasteiger partial charge in [0, 0.05) is 23.4 Å². The fourth-order valence-electron chi connectivity index (χ4n) is 2.17. The number of benzene rings is 1. The highest BCUT2D eigenvalue weighted by molar-refractivity contribution is 7.91. The third-order valence-electron chi connectivity index (χ3n) is 3.32. The lowest BCUT2D eigenvalue weighted by Gasteiger charge is -2.23. The van der Waals surface area contributed by atoms with Crippen LogP contribution in [0.2, 0.25) is 0 Å². The molecule has 1 saturated heterocycles. The molecule has 0 saturated carbocycles. The van der Waals surface area contributed by atoms with E-state index in [2.05, 4.69) is 5.32 Å². The van der Waals surface area contributed by atoms with Crippen LogP contribution >= 0.6 is 0 Å². The molecule has 1 aliphatic rings. The first-order chi connectivity index (χ1) is 9.39. The van der Waals surface area contributed by atoms with E-state index in [0.29, 0.717) is 29.8 Å².